The molecule has 0 aliphatic rings. The molecule has 1 heterocycles. The summed E-state index contributed by atoms with van der Waals surface area (Å²) in [6.07, 6.45) is 0. The maximum atomic E-state index is 4.49. The molecule has 2 nitrogen and oxygen atoms in total. The van der Waals surface area contributed by atoms with Crippen molar-refractivity contribution in [1.82, 2.24) is 9.97 Å². The molecule has 0 radical (unpaired) electrons. The number of benzene rings is 1. The number of aromatic nitrogens is 2. The van der Waals surface area contributed by atoms with Gasteiger partial charge in [-0.05, 0) is 26.3 Å². The van der Waals surface area contributed by atoms with Gasteiger partial charge < -0.3 is 0 Å². The van der Waals surface area contributed by atoms with Gasteiger partial charge in [-0.2, -0.15) is 0 Å². The van der Waals surface area contributed by atoms with Crippen molar-refractivity contribution in [3.05, 3.63) is 47.4 Å². The van der Waals surface area contributed by atoms with Crippen molar-refractivity contribution in [3.63, 3.8) is 0 Å². The van der Waals surface area contributed by atoms with Crippen LogP contribution in [0.5, 0.6) is 0 Å². The number of hydrogen-bond donors (Lipinski definition) is 0. The van der Waals surface area contributed by atoms with Gasteiger partial charge in [-0.15, -0.1) is 0 Å². The minimum atomic E-state index is 0.831. The second-order valence-electron chi connectivity index (χ2n) is 3.70. The van der Waals surface area contributed by atoms with E-state index in [1.165, 1.54) is 0 Å². The summed E-state index contributed by atoms with van der Waals surface area (Å²) in [4.78, 5) is 8.84. The third-order valence-electron chi connectivity index (χ3n) is 2.55. The standard InChI is InChI=1S/C13H14N2/c1-9-10(2)14-11(3)15-13(9)12-7-5-4-6-8-12/h4-8H,1-3H3. The first-order valence-electron chi connectivity index (χ1n) is 5.06. The molecule has 2 heteroatoms. The van der Waals surface area contributed by atoms with Crippen LogP contribution in [0.1, 0.15) is 17.1 Å². The molecule has 0 atom stereocenters. The fourth-order valence-corrected chi connectivity index (χ4v) is 1.65. The van der Waals surface area contributed by atoms with Crippen molar-refractivity contribution in [2.45, 2.75) is 20.8 Å². The normalized spacial score (nSPS) is 10.3. The first-order chi connectivity index (χ1) is 7.18. The van der Waals surface area contributed by atoms with Crippen LogP contribution in [0.3, 0.4) is 0 Å². The first kappa shape index (κ1) is 9.84. The van der Waals surface area contributed by atoms with E-state index in [0.717, 1.165) is 28.3 Å². The monoisotopic (exact) mass is 198 g/mol. The Labute approximate surface area is 90.0 Å². The van der Waals surface area contributed by atoms with Crippen molar-refractivity contribution < 1.29 is 0 Å². The fourth-order valence-electron chi connectivity index (χ4n) is 1.65. The highest BCUT2D eigenvalue weighted by Crippen LogP contribution is 2.22. The van der Waals surface area contributed by atoms with Gasteiger partial charge in [-0.1, -0.05) is 30.3 Å². The summed E-state index contributed by atoms with van der Waals surface area (Å²) >= 11 is 0. The average Bonchev–Trinajstić information content (AvgIpc) is 2.24. The van der Waals surface area contributed by atoms with E-state index >= 15 is 0 Å². The molecular weight excluding hydrogens is 184 g/mol. The van der Waals surface area contributed by atoms with Gasteiger partial charge in [-0.3, -0.25) is 0 Å². The largest absolute Gasteiger partial charge is 0.238 e. The summed E-state index contributed by atoms with van der Waals surface area (Å²) < 4.78 is 0. The quantitative estimate of drug-likeness (QED) is 0.703. The zero-order valence-corrected chi connectivity index (χ0v) is 9.28. The van der Waals surface area contributed by atoms with Crippen LogP contribution in [0.2, 0.25) is 0 Å². The van der Waals surface area contributed by atoms with Crippen molar-refractivity contribution in [2.75, 3.05) is 0 Å². The Bertz CT molecular complexity index is 475. The Hall–Kier alpha value is -1.70. The second kappa shape index (κ2) is 3.81. The van der Waals surface area contributed by atoms with Crippen molar-refractivity contribution in [2.24, 2.45) is 0 Å². The molecule has 1 aromatic heterocycles. The van der Waals surface area contributed by atoms with Crippen LogP contribution in [0.4, 0.5) is 0 Å². The van der Waals surface area contributed by atoms with Gasteiger partial charge >= 0.3 is 0 Å². The minimum absolute atomic E-state index is 0.831. The average molecular weight is 198 g/mol. The third-order valence-corrected chi connectivity index (χ3v) is 2.55. The number of aryl methyl sites for hydroxylation is 2. The molecule has 0 saturated heterocycles. The van der Waals surface area contributed by atoms with Gasteiger partial charge in [0.05, 0.1) is 5.69 Å². The van der Waals surface area contributed by atoms with Crippen LogP contribution in [0, 0.1) is 20.8 Å². The molecule has 0 spiro atoms. The Morgan fingerprint density at radius 2 is 1.53 bits per heavy atom. The van der Waals surface area contributed by atoms with Crippen molar-refractivity contribution in [3.8, 4) is 11.3 Å². The lowest BCUT2D eigenvalue weighted by molar-refractivity contribution is 0.992. The summed E-state index contributed by atoms with van der Waals surface area (Å²) in [5, 5.41) is 0. The van der Waals surface area contributed by atoms with Crippen LogP contribution in [-0.4, -0.2) is 9.97 Å². The number of nitrogens with zero attached hydrogens (tertiary/aromatic N) is 2. The van der Waals surface area contributed by atoms with Gasteiger partial charge in [0, 0.05) is 11.3 Å². The maximum absolute atomic E-state index is 4.49. The van der Waals surface area contributed by atoms with E-state index in [0.29, 0.717) is 0 Å². The fraction of sp³-hybridized carbons (Fsp3) is 0.231. The molecule has 2 aromatic rings. The van der Waals surface area contributed by atoms with Gasteiger partial charge in [0.1, 0.15) is 5.82 Å². The Kier molecular flexibility index (Phi) is 2.50. The predicted molar refractivity (Wildman–Crippen MR) is 61.7 cm³/mol. The Morgan fingerprint density at radius 1 is 0.867 bits per heavy atom. The number of hydrogen-bond acceptors (Lipinski definition) is 2. The van der Waals surface area contributed by atoms with E-state index in [1.807, 2.05) is 32.0 Å². The van der Waals surface area contributed by atoms with Gasteiger partial charge in [-0.25, -0.2) is 9.97 Å². The highest BCUT2D eigenvalue weighted by atomic mass is 14.9. The summed E-state index contributed by atoms with van der Waals surface area (Å²) in [5.74, 6) is 0.831. The zero-order chi connectivity index (χ0) is 10.8. The van der Waals surface area contributed by atoms with E-state index < -0.39 is 0 Å². The Balaban J connectivity index is 2.63. The lowest BCUT2D eigenvalue weighted by Gasteiger charge is -2.08. The molecule has 0 bridgehead atoms. The van der Waals surface area contributed by atoms with Gasteiger partial charge in [0.15, 0.2) is 0 Å². The van der Waals surface area contributed by atoms with Crippen molar-refractivity contribution in [1.29, 1.82) is 0 Å². The maximum Gasteiger partial charge on any atom is 0.126 e. The van der Waals surface area contributed by atoms with Crippen LogP contribution >= 0.6 is 0 Å². The topological polar surface area (TPSA) is 25.8 Å². The molecule has 0 amide bonds. The van der Waals surface area contributed by atoms with E-state index in [4.69, 9.17) is 0 Å². The minimum Gasteiger partial charge on any atom is -0.238 e. The van der Waals surface area contributed by atoms with Crippen LogP contribution in [0.25, 0.3) is 11.3 Å². The van der Waals surface area contributed by atoms with E-state index in [2.05, 4.69) is 29.0 Å². The van der Waals surface area contributed by atoms with Gasteiger partial charge in [0.2, 0.25) is 0 Å². The first-order valence-corrected chi connectivity index (χ1v) is 5.06. The van der Waals surface area contributed by atoms with Crippen LogP contribution < -0.4 is 0 Å². The van der Waals surface area contributed by atoms with Crippen LogP contribution in [-0.2, 0) is 0 Å². The van der Waals surface area contributed by atoms with E-state index in [9.17, 15) is 0 Å². The molecule has 0 N–H and O–H groups in total. The lowest BCUT2D eigenvalue weighted by atomic mass is 10.1. The smallest absolute Gasteiger partial charge is 0.126 e. The summed E-state index contributed by atoms with van der Waals surface area (Å²) in [6, 6.07) is 10.2. The predicted octanol–water partition coefficient (Wildman–Crippen LogP) is 3.07. The molecule has 2 rings (SSSR count). The SMILES string of the molecule is Cc1nc(C)c(C)c(-c2ccccc2)n1. The summed E-state index contributed by atoms with van der Waals surface area (Å²) in [6.45, 7) is 6.02. The third kappa shape index (κ3) is 1.89. The molecule has 0 fully saturated rings. The molecule has 0 aliphatic carbocycles. The van der Waals surface area contributed by atoms with Crippen LogP contribution in [0.15, 0.2) is 30.3 Å². The molecule has 76 valence electrons. The van der Waals surface area contributed by atoms with E-state index in [1.54, 1.807) is 0 Å². The molecule has 0 aliphatic heterocycles. The molecular formula is C13H14N2. The summed E-state index contributed by atoms with van der Waals surface area (Å²) in [5.41, 5.74) is 4.41. The molecule has 1 aromatic carbocycles. The second-order valence-corrected chi connectivity index (χ2v) is 3.70. The zero-order valence-electron chi connectivity index (χ0n) is 9.28. The van der Waals surface area contributed by atoms with Gasteiger partial charge in [0.25, 0.3) is 0 Å². The Morgan fingerprint density at radius 3 is 2.20 bits per heavy atom. The molecule has 15 heavy (non-hydrogen) atoms. The van der Waals surface area contributed by atoms with Crippen molar-refractivity contribution >= 4 is 0 Å². The molecule has 0 saturated carbocycles. The highest BCUT2D eigenvalue weighted by molar-refractivity contribution is 5.63. The highest BCUT2D eigenvalue weighted by Gasteiger charge is 2.07. The number of rotatable bonds is 1. The van der Waals surface area contributed by atoms with E-state index in [-0.39, 0.29) is 0 Å². The summed E-state index contributed by atoms with van der Waals surface area (Å²) in [7, 11) is 0. The molecule has 0 unspecified atom stereocenters. The lowest BCUT2D eigenvalue weighted by Crippen LogP contribution is -1.98.